The van der Waals surface area contributed by atoms with Crippen LogP contribution in [0.2, 0.25) is 0 Å². The third kappa shape index (κ3) is 7.10. The molecule has 0 amide bonds. The highest BCUT2D eigenvalue weighted by atomic mass is 19.4. The molecule has 0 aliphatic carbocycles. The lowest BCUT2D eigenvalue weighted by atomic mass is 9.95. The van der Waals surface area contributed by atoms with Crippen LogP contribution in [0.15, 0.2) is 77.7 Å². The highest BCUT2D eigenvalue weighted by Gasteiger charge is 2.30. The zero-order valence-electron chi connectivity index (χ0n) is 18.8. The molecule has 0 unspecified atom stereocenters. The van der Waals surface area contributed by atoms with Crippen LogP contribution < -0.4 is 16.8 Å². The minimum absolute atomic E-state index is 0.516. The Morgan fingerprint density at radius 2 is 1.79 bits per heavy atom. The third-order valence-corrected chi connectivity index (χ3v) is 4.58. The smallest absolute Gasteiger partial charge is 0.403 e. The van der Waals surface area contributed by atoms with E-state index in [1.165, 1.54) is 18.3 Å². The summed E-state index contributed by atoms with van der Waals surface area (Å²) in [5.74, 6) is 0.533. The maximum Gasteiger partial charge on any atom is 0.416 e. The molecular formula is C25H28F3N5. The van der Waals surface area contributed by atoms with E-state index in [-0.39, 0.29) is 0 Å². The van der Waals surface area contributed by atoms with E-state index in [0.717, 1.165) is 28.8 Å². The van der Waals surface area contributed by atoms with Gasteiger partial charge in [-0.15, -0.1) is 0 Å². The van der Waals surface area contributed by atoms with Crippen molar-refractivity contribution in [3.05, 3.63) is 89.4 Å². The fourth-order valence-electron chi connectivity index (χ4n) is 3.14. The maximum atomic E-state index is 12.9. The Bertz CT molecular complexity index is 1100. The number of rotatable bonds is 6. The second-order valence-corrected chi connectivity index (χ2v) is 6.86. The fraction of sp³-hybridized carbons (Fsp3) is 0.200. The maximum absolute atomic E-state index is 12.9. The molecule has 0 aliphatic heterocycles. The van der Waals surface area contributed by atoms with Gasteiger partial charge in [0.2, 0.25) is 0 Å². The molecule has 3 aromatic rings. The van der Waals surface area contributed by atoms with Crippen LogP contribution in [-0.4, -0.2) is 18.2 Å². The molecule has 174 valence electrons. The Labute approximate surface area is 192 Å². The van der Waals surface area contributed by atoms with Crippen LogP contribution in [0.1, 0.15) is 30.5 Å². The number of nitrogens with one attached hydrogen (secondary N) is 1. The van der Waals surface area contributed by atoms with Crippen molar-refractivity contribution in [1.82, 2.24) is 4.98 Å². The first-order chi connectivity index (χ1) is 15.8. The van der Waals surface area contributed by atoms with E-state index in [0.29, 0.717) is 29.2 Å². The standard InChI is InChI=1S/C23H22F3N5.C2H6/c1-29-13-20(12-27)31-22-11-17(9-15-3-2-4-19(28)10-15)21(14-30-22)16-5-7-18(8-6-16)23(24,25)26;1-2/h2-8,10-14H,9,27-28H2,1H3,(H,30,31);1-2H3/b20-12+,29-13?;. The molecule has 5 nitrogen and oxygen atoms in total. The van der Waals surface area contributed by atoms with Crippen molar-refractivity contribution in [3.63, 3.8) is 0 Å². The quantitative estimate of drug-likeness (QED) is 0.320. The Kier molecular flexibility index (Phi) is 9.03. The summed E-state index contributed by atoms with van der Waals surface area (Å²) in [5.41, 5.74) is 15.2. The molecule has 0 spiro atoms. The highest BCUT2D eigenvalue weighted by molar-refractivity contribution is 5.82. The average molecular weight is 456 g/mol. The lowest BCUT2D eigenvalue weighted by Crippen LogP contribution is -2.07. The lowest BCUT2D eigenvalue weighted by molar-refractivity contribution is -0.137. The van der Waals surface area contributed by atoms with Crippen molar-refractivity contribution in [3.8, 4) is 11.1 Å². The zero-order chi connectivity index (χ0) is 24.4. The van der Waals surface area contributed by atoms with E-state index < -0.39 is 11.7 Å². The summed E-state index contributed by atoms with van der Waals surface area (Å²) in [5, 5.41) is 3.08. The Balaban J connectivity index is 0.00000187. The van der Waals surface area contributed by atoms with E-state index in [1.54, 1.807) is 25.5 Å². The molecular weight excluding hydrogens is 427 g/mol. The summed E-state index contributed by atoms with van der Waals surface area (Å²) in [7, 11) is 1.62. The van der Waals surface area contributed by atoms with Gasteiger partial charge in [-0.2, -0.15) is 13.2 Å². The number of aliphatic imine (C=N–C) groups is 1. The van der Waals surface area contributed by atoms with Crippen LogP contribution in [0.5, 0.6) is 0 Å². The number of hydrogen-bond acceptors (Lipinski definition) is 5. The number of hydrogen-bond donors (Lipinski definition) is 3. The van der Waals surface area contributed by atoms with Crippen molar-refractivity contribution in [2.75, 3.05) is 18.1 Å². The van der Waals surface area contributed by atoms with Crippen molar-refractivity contribution < 1.29 is 13.2 Å². The van der Waals surface area contributed by atoms with Gasteiger partial charge in [-0.25, -0.2) is 4.98 Å². The Hall–Kier alpha value is -3.81. The molecule has 0 saturated carbocycles. The van der Waals surface area contributed by atoms with Gasteiger partial charge in [0.25, 0.3) is 0 Å². The predicted octanol–water partition coefficient (Wildman–Crippen LogP) is 5.88. The summed E-state index contributed by atoms with van der Waals surface area (Å²) in [6, 6.07) is 14.3. The largest absolute Gasteiger partial charge is 0.416 e. The number of alkyl halides is 3. The van der Waals surface area contributed by atoms with Gasteiger partial charge in [0, 0.05) is 36.9 Å². The zero-order valence-corrected chi connectivity index (χ0v) is 18.8. The minimum atomic E-state index is -4.39. The number of anilines is 2. The fourth-order valence-corrected chi connectivity index (χ4v) is 3.14. The molecule has 0 radical (unpaired) electrons. The van der Waals surface area contributed by atoms with Crippen LogP contribution in [0.4, 0.5) is 24.7 Å². The molecule has 0 bridgehead atoms. The second-order valence-electron chi connectivity index (χ2n) is 6.86. The number of pyridine rings is 1. The normalized spacial score (nSPS) is 11.8. The van der Waals surface area contributed by atoms with Gasteiger partial charge < -0.3 is 16.8 Å². The van der Waals surface area contributed by atoms with Crippen molar-refractivity contribution >= 4 is 17.7 Å². The van der Waals surface area contributed by atoms with Crippen molar-refractivity contribution in [2.24, 2.45) is 10.7 Å². The van der Waals surface area contributed by atoms with Crippen LogP contribution in [-0.2, 0) is 12.6 Å². The molecule has 2 aromatic carbocycles. The Morgan fingerprint density at radius 3 is 2.36 bits per heavy atom. The first-order valence-corrected chi connectivity index (χ1v) is 10.4. The minimum Gasteiger partial charge on any atom is -0.403 e. The SMILES string of the molecule is CC.CN=C/C(=C\N)Nc1cc(Cc2cccc(N)c2)c(-c2ccc(C(F)(F)F)cc2)cn1. The van der Waals surface area contributed by atoms with E-state index in [4.69, 9.17) is 11.5 Å². The molecule has 0 fully saturated rings. The first kappa shape index (κ1) is 25.5. The monoisotopic (exact) mass is 455 g/mol. The predicted molar refractivity (Wildman–Crippen MR) is 130 cm³/mol. The van der Waals surface area contributed by atoms with Gasteiger partial charge in [-0.1, -0.05) is 38.1 Å². The number of nitrogens with zero attached hydrogens (tertiary/aromatic N) is 2. The van der Waals surface area contributed by atoms with Gasteiger partial charge in [0.1, 0.15) is 5.82 Å². The lowest BCUT2D eigenvalue weighted by Gasteiger charge is -2.14. The van der Waals surface area contributed by atoms with Gasteiger partial charge in [0.05, 0.1) is 11.3 Å². The number of allylic oxidation sites excluding steroid dienone is 1. The van der Waals surface area contributed by atoms with Gasteiger partial charge in [-0.3, -0.25) is 4.99 Å². The molecule has 33 heavy (non-hydrogen) atoms. The molecule has 3 rings (SSSR count). The molecule has 8 heteroatoms. The van der Waals surface area contributed by atoms with Gasteiger partial charge >= 0.3 is 6.18 Å². The van der Waals surface area contributed by atoms with E-state index in [2.05, 4.69) is 15.3 Å². The van der Waals surface area contributed by atoms with E-state index in [1.807, 2.05) is 38.1 Å². The average Bonchev–Trinajstić information content (AvgIpc) is 2.80. The van der Waals surface area contributed by atoms with Crippen LogP contribution in [0.25, 0.3) is 11.1 Å². The topological polar surface area (TPSA) is 89.3 Å². The molecule has 0 atom stereocenters. The number of nitrogen functional groups attached to an aromatic ring is 1. The van der Waals surface area contributed by atoms with Crippen molar-refractivity contribution in [1.29, 1.82) is 0 Å². The molecule has 0 aliphatic rings. The number of benzene rings is 2. The number of halogens is 3. The molecule has 1 heterocycles. The highest BCUT2D eigenvalue weighted by Crippen LogP contribution is 2.33. The third-order valence-electron chi connectivity index (χ3n) is 4.58. The second kappa shape index (κ2) is 11.7. The van der Waals surface area contributed by atoms with Crippen LogP contribution in [0, 0.1) is 0 Å². The first-order valence-electron chi connectivity index (χ1n) is 10.4. The number of nitrogens with two attached hydrogens (primary N) is 2. The molecule has 1 aromatic heterocycles. The van der Waals surface area contributed by atoms with Crippen LogP contribution in [0.3, 0.4) is 0 Å². The summed E-state index contributed by atoms with van der Waals surface area (Å²) in [6.45, 7) is 4.00. The van der Waals surface area contributed by atoms with Crippen LogP contribution >= 0.6 is 0 Å². The Morgan fingerprint density at radius 1 is 1.09 bits per heavy atom. The summed E-state index contributed by atoms with van der Waals surface area (Å²) in [6.07, 6.45) is 0.686. The van der Waals surface area contributed by atoms with E-state index in [9.17, 15) is 13.2 Å². The number of aromatic nitrogens is 1. The van der Waals surface area contributed by atoms with Crippen molar-refractivity contribution in [2.45, 2.75) is 26.4 Å². The molecule has 5 N–H and O–H groups in total. The van der Waals surface area contributed by atoms with Gasteiger partial charge in [0.15, 0.2) is 0 Å². The summed E-state index contributed by atoms with van der Waals surface area (Å²) >= 11 is 0. The molecule has 0 saturated heterocycles. The van der Waals surface area contributed by atoms with Gasteiger partial charge in [-0.05, 0) is 53.4 Å². The van der Waals surface area contributed by atoms with E-state index >= 15 is 0 Å². The summed E-state index contributed by atoms with van der Waals surface area (Å²) < 4.78 is 38.8. The summed E-state index contributed by atoms with van der Waals surface area (Å²) in [4.78, 5) is 8.33.